The smallest absolute Gasteiger partial charge is 0.238 e. The third kappa shape index (κ3) is 3.82. The van der Waals surface area contributed by atoms with Crippen LogP contribution in [0.3, 0.4) is 0 Å². The van der Waals surface area contributed by atoms with Crippen LogP contribution in [0.15, 0.2) is 159 Å². The molecule has 12 aromatic rings. The van der Waals surface area contributed by atoms with Crippen LogP contribution in [-0.4, -0.2) is 19.5 Å². The Bertz CT molecular complexity index is 3440. The Hall–Kier alpha value is -7.25. The SMILES string of the molecule is c1ccc2c(c1)oc1cc(-c3nc(-c4ccc5oc6ccccc6c5c4)nc(-n4c5ccccc5c5ccc6c7ccccc7oc6c54)n3)ccc12. The van der Waals surface area contributed by atoms with Gasteiger partial charge in [-0.25, -0.2) is 4.98 Å². The highest BCUT2D eigenvalue weighted by Gasteiger charge is 2.22. The van der Waals surface area contributed by atoms with Crippen molar-refractivity contribution in [1.29, 1.82) is 0 Å². The van der Waals surface area contributed by atoms with Gasteiger partial charge in [0.2, 0.25) is 5.95 Å². The average molecular weight is 669 g/mol. The molecule has 0 unspecified atom stereocenters. The fourth-order valence-electron chi connectivity index (χ4n) is 7.89. The molecule has 0 saturated heterocycles. The highest BCUT2D eigenvalue weighted by atomic mass is 16.3. The van der Waals surface area contributed by atoms with E-state index < -0.39 is 0 Å². The first kappa shape index (κ1) is 27.6. The predicted molar refractivity (Wildman–Crippen MR) is 207 cm³/mol. The van der Waals surface area contributed by atoms with Crippen molar-refractivity contribution in [2.24, 2.45) is 0 Å². The van der Waals surface area contributed by atoms with Crippen molar-refractivity contribution in [3.05, 3.63) is 146 Å². The molecule has 0 saturated carbocycles. The molecule has 12 rings (SSSR count). The highest BCUT2D eigenvalue weighted by Crippen LogP contribution is 2.41. The first-order valence-corrected chi connectivity index (χ1v) is 17.2. The second-order valence-electron chi connectivity index (χ2n) is 13.2. The van der Waals surface area contributed by atoms with Crippen molar-refractivity contribution in [1.82, 2.24) is 19.5 Å². The van der Waals surface area contributed by atoms with Crippen LogP contribution in [0, 0.1) is 0 Å². The van der Waals surface area contributed by atoms with E-state index in [1.54, 1.807) is 0 Å². The third-order valence-corrected chi connectivity index (χ3v) is 10.3. The predicted octanol–water partition coefficient (Wildman–Crippen LogP) is 12.0. The number of nitrogens with zero attached hydrogens (tertiary/aromatic N) is 4. The summed E-state index contributed by atoms with van der Waals surface area (Å²) in [6, 6.07) is 49.3. The molecule has 0 fully saturated rings. The van der Waals surface area contributed by atoms with Gasteiger partial charge in [0, 0.05) is 54.2 Å². The molecule has 0 aliphatic carbocycles. The van der Waals surface area contributed by atoms with E-state index in [0.717, 1.165) is 98.7 Å². The van der Waals surface area contributed by atoms with Gasteiger partial charge in [-0.15, -0.1) is 0 Å². The van der Waals surface area contributed by atoms with E-state index in [1.165, 1.54) is 0 Å². The monoisotopic (exact) mass is 668 g/mol. The fourth-order valence-corrected chi connectivity index (χ4v) is 7.89. The second kappa shape index (κ2) is 10.2. The van der Waals surface area contributed by atoms with Gasteiger partial charge in [0.1, 0.15) is 33.4 Å². The maximum atomic E-state index is 6.63. The summed E-state index contributed by atoms with van der Waals surface area (Å²) in [7, 11) is 0. The molecule has 0 N–H and O–H groups in total. The number of aromatic nitrogens is 4. The van der Waals surface area contributed by atoms with Gasteiger partial charge in [-0.05, 0) is 60.7 Å². The summed E-state index contributed by atoms with van der Waals surface area (Å²) in [5.41, 5.74) is 8.42. The zero-order valence-corrected chi connectivity index (χ0v) is 27.4. The molecule has 7 aromatic carbocycles. The first-order chi connectivity index (χ1) is 25.7. The average Bonchev–Trinajstić information content (AvgIpc) is 3.96. The number of hydrogen-bond acceptors (Lipinski definition) is 6. The molecule has 0 radical (unpaired) electrons. The minimum absolute atomic E-state index is 0.487. The Labute approximate surface area is 294 Å². The van der Waals surface area contributed by atoms with E-state index in [-0.39, 0.29) is 0 Å². The number of para-hydroxylation sites is 4. The summed E-state index contributed by atoms with van der Waals surface area (Å²) in [4.78, 5) is 15.6. The molecule has 52 heavy (non-hydrogen) atoms. The molecule has 0 aliphatic heterocycles. The van der Waals surface area contributed by atoms with E-state index in [4.69, 9.17) is 28.2 Å². The lowest BCUT2D eigenvalue weighted by atomic mass is 10.1. The Balaban J connectivity index is 1.17. The number of rotatable bonds is 3. The summed E-state index contributed by atoms with van der Waals surface area (Å²) in [6.45, 7) is 0. The summed E-state index contributed by atoms with van der Waals surface area (Å²) >= 11 is 0. The van der Waals surface area contributed by atoms with Crippen LogP contribution < -0.4 is 0 Å². The van der Waals surface area contributed by atoms with Gasteiger partial charge < -0.3 is 13.3 Å². The van der Waals surface area contributed by atoms with Gasteiger partial charge in [-0.1, -0.05) is 84.9 Å². The van der Waals surface area contributed by atoms with Crippen molar-refractivity contribution >= 4 is 87.6 Å². The van der Waals surface area contributed by atoms with Crippen LogP contribution in [0.5, 0.6) is 0 Å². The molecule has 7 nitrogen and oxygen atoms in total. The van der Waals surface area contributed by atoms with Gasteiger partial charge in [0.15, 0.2) is 17.2 Å². The Morgan fingerprint density at radius 1 is 0.365 bits per heavy atom. The normalized spacial score (nSPS) is 12.2. The minimum atomic E-state index is 0.487. The van der Waals surface area contributed by atoms with E-state index >= 15 is 0 Å². The Morgan fingerprint density at radius 3 is 1.65 bits per heavy atom. The molecular weight excluding hydrogens is 645 g/mol. The van der Waals surface area contributed by atoms with Crippen LogP contribution in [0.1, 0.15) is 0 Å². The number of fused-ring (bicyclic) bond motifs is 13. The summed E-state index contributed by atoms with van der Waals surface area (Å²) < 4.78 is 21.2. The second-order valence-corrected chi connectivity index (χ2v) is 13.2. The van der Waals surface area contributed by atoms with Gasteiger partial charge in [0.25, 0.3) is 0 Å². The molecule has 7 heteroatoms. The minimum Gasteiger partial charge on any atom is -0.456 e. The fraction of sp³-hybridized carbons (Fsp3) is 0. The van der Waals surface area contributed by atoms with Crippen molar-refractivity contribution in [3.8, 4) is 28.7 Å². The molecular formula is C45H24N4O3. The van der Waals surface area contributed by atoms with Gasteiger partial charge in [-0.3, -0.25) is 4.57 Å². The maximum absolute atomic E-state index is 6.63. The molecule has 0 amide bonds. The number of benzene rings is 7. The topological polar surface area (TPSA) is 83.0 Å². The van der Waals surface area contributed by atoms with E-state index in [9.17, 15) is 0 Å². The van der Waals surface area contributed by atoms with Crippen LogP contribution in [-0.2, 0) is 0 Å². The molecule has 0 bridgehead atoms. The van der Waals surface area contributed by atoms with Crippen molar-refractivity contribution in [2.45, 2.75) is 0 Å². The molecule has 5 heterocycles. The van der Waals surface area contributed by atoms with Gasteiger partial charge in [-0.2, -0.15) is 9.97 Å². The Kier molecular flexibility index (Phi) is 5.38. The van der Waals surface area contributed by atoms with Crippen LogP contribution in [0.4, 0.5) is 0 Å². The van der Waals surface area contributed by atoms with Gasteiger partial charge >= 0.3 is 0 Å². The molecule has 242 valence electrons. The molecule has 5 aromatic heterocycles. The van der Waals surface area contributed by atoms with Crippen LogP contribution in [0.2, 0.25) is 0 Å². The zero-order chi connectivity index (χ0) is 33.9. The lowest BCUT2D eigenvalue weighted by Gasteiger charge is -2.11. The molecule has 0 aliphatic rings. The van der Waals surface area contributed by atoms with E-state index in [0.29, 0.717) is 17.6 Å². The lowest BCUT2D eigenvalue weighted by Crippen LogP contribution is -2.06. The largest absolute Gasteiger partial charge is 0.456 e. The van der Waals surface area contributed by atoms with Crippen molar-refractivity contribution < 1.29 is 13.3 Å². The molecule has 0 spiro atoms. The standard InChI is InChI=1S/C45H24N4O3/c1-5-13-35-27(9-1)32-20-21-33-29-11-3-8-16-38(29)52-42(33)41(32)49(35)45-47-43(25-18-22-39-34(23-25)30-12-4-7-15-37(30)50-39)46-44(48-45)26-17-19-31-28-10-2-6-14-36(28)51-40(31)24-26/h1-24H. The van der Waals surface area contributed by atoms with E-state index in [1.807, 2.05) is 78.9 Å². The summed E-state index contributed by atoms with van der Waals surface area (Å²) in [6.07, 6.45) is 0. The first-order valence-electron chi connectivity index (χ1n) is 17.2. The van der Waals surface area contributed by atoms with E-state index in [2.05, 4.69) is 71.3 Å². The zero-order valence-electron chi connectivity index (χ0n) is 27.4. The van der Waals surface area contributed by atoms with Crippen molar-refractivity contribution in [3.63, 3.8) is 0 Å². The van der Waals surface area contributed by atoms with Crippen molar-refractivity contribution in [2.75, 3.05) is 0 Å². The lowest BCUT2D eigenvalue weighted by molar-refractivity contribution is 0.668. The van der Waals surface area contributed by atoms with Gasteiger partial charge in [0.05, 0.1) is 5.52 Å². The Morgan fingerprint density at radius 2 is 0.885 bits per heavy atom. The number of furan rings is 3. The quantitative estimate of drug-likeness (QED) is 0.186. The maximum Gasteiger partial charge on any atom is 0.238 e. The van der Waals surface area contributed by atoms with Crippen LogP contribution in [0.25, 0.3) is 116 Å². The molecule has 0 atom stereocenters. The van der Waals surface area contributed by atoms with Crippen LogP contribution >= 0.6 is 0 Å². The summed E-state index contributed by atoms with van der Waals surface area (Å²) in [5, 5.41) is 8.39. The third-order valence-electron chi connectivity index (χ3n) is 10.3. The highest BCUT2D eigenvalue weighted by molar-refractivity contribution is 6.21. The summed E-state index contributed by atoms with van der Waals surface area (Å²) in [5.74, 6) is 1.56. The number of hydrogen-bond donors (Lipinski definition) is 0.